The average molecular weight is 287 g/mol. The van der Waals surface area contributed by atoms with Crippen molar-refractivity contribution in [1.82, 2.24) is 20.0 Å². The summed E-state index contributed by atoms with van der Waals surface area (Å²) in [5.41, 5.74) is 0. The van der Waals surface area contributed by atoms with Crippen molar-refractivity contribution in [1.29, 1.82) is 0 Å². The minimum absolute atomic E-state index is 0.0284. The number of aromatic nitrogens is 2. The standard InChI is InChI=1S/C13H23ClN4O/c1-4-17(5-2)8-6-7-15-13(19)11(3)18-10-12(14)9-16-18/h9-11H,4-8H2,1-3H3,(H,15,19). The van der Waals surface area contributed by atoms with E-state index >= 15 is 0 Å². The molecule has 1 heterocycles. The van der Waals surface area contributed by atoms with Crippen molar-refractivity contribution in [3.63, 3.8) is 0 Å². The molecule has 1 aromatic heterocycles. The van der Waals surface area contributed by atoms with Crippen LogP contribution in [0.4, 0.5) is 0 Å². The maximum atomic E-state index is 11.9. The Kier molecular flexibility index (Phi) is 6.87. The lowest BCUT2D eigenvalue weighted by Gasteiger charge is -2.18. The molecule has 0 saturated carbocycles. The Morgan fingerprint density at radius 3 is 2.74 bits per heavy atom. The van der Waals surface area contributed by atoms with Crippen LogP contribution >= 0.6 is 11.6 Å². The van der Waals surface area contributed by atoms with Gasteiger partial charge < -0.3 is 10.2 Å². The second kappa shape index (κ2) is 8.17. The van der Waals surface area contributed by atoms with Gasteiger partial charge in [-0.15, -0.1) is 0 Å². The van der Waals surface area contributed by atoms with E-state index in [0.29, 0.717) is 11.6 Å². The number of halogens is 1. The van der Waals surface area contributed by atoms with Crippen LogP contribution in [0.2, 0.25) is 5.02 Å². The molecule has 1 aromatic rings. The molecule has 1 N–H and O–H groups in total. The van der Waals surface area contributed by atoms with Crippen LogP contribution in [-0.4, -0.2) is 46.8 Å². The van der Waals surface area contributed by atoms with Crippen molar-refractivity contribution in [2.24, 2.45) is 0 Å². The highest BCUT2D eigenvalue weighted by atomic mass is 35.5. The normalized spacial score (nSPS) is 12.7. The molecule has 19 heavy (non-hydrogen) atoms. The lowest BCUT2D eigenvalue weighted by molar-refractivity contribution is -0.124. The van der Waals surface area contributed by atoms with E-state index in [2.05, 4.69) is 29.2 Å². The molecule has 1 unspecified atom stereocenters. The molecule has 0 aromatic carbocycles. The lowest BCUT2D eigenvalue weighted by atomic mass is 10.3. The Morgan fingerprint density at radius 1 is 1.53 bits per heavy atom. The van der Waals surface area contributed by atoms with Crippen LogP contribution in [0, 0.1) is 0 Å². The molecule has 0 aliphatic carbocycles. The van der Waals surface area contributed by atoms with Gasteiger partial charge in [-0.3, -0.25) is 9.48 Å². The summed E-state index contributed by atoms with van der Waals surface area (Å²) in [7, 11) is 0. The molecule has 5 nitrogen and oxygen atoms in total. The van der Waals surface area contributed by atoms with Crippen molar-refractivity contribution in [2.75, 3.05) is 26.2 Å². The van der Waals surface area contributed by atoms with Gasteiger partial charge in [0.05, 0.1) is 11.2 Å². The summed E-state index contributed by atoms with van der Waals surface area (Å²) in [4.78, 5) is 14.2. The molecule has 0 radical (unpaired) electrons. The van der Waals surface area contributed by atoms with Crippen LogP contribution in [0.15, 0.2) is 12.4 Å². The molecule has 0 spiro atoms. The molecular weight excluding hydrogens is 264 g/mol. The summed E-state index contributed by atoms with van der Waals surface area (Å²) >= 11 is 5.78. The smallest absolute Gasteiger partial charge is 0.244 e. The van der Waals surface area contributed by atoms with E-state index in [0.717, 1.165) is 26.1 Å². The van der Waals surface area contributed by atoms with E-state index < -0.39 is 0 Å². The fourth-order valence-corrected chi connectivity index (χ4v) is 1.99. The number of nitrogens with one attached hydrogen (secondary N) is 1. The van der Waals surface area contributed by atoms with Crippen LogP contribution in [0.1, 0.15) is 33.2 Å². The van der Waals surface area contributed by atoms with E-state index in [1.54, 1.807) is 10.9 Å². The first-order valence-corrected chi connectivity index (χ1v) is 7.16. The predicted molar refractivity (Wildman–Crippen MR) is 77.4 cm³/mol. The zero-order valence-electron chi connectivity index (χ0n) is 11.9. The number of nitrogens with zero attached hydrogens (tertiary/aromatic N) is 3. The fraction of sp³-hybridized carbons (Fsp3) is 0.692. The Balaban J connectivity index is 2.27. The maximum Gasteiger partial charge on any atom is 0.244 e. The van der Waals surface area contributed by atoms with Gasteiger partial charge in [0.15, 0.2) is 0 Å². The van der Waals surface area contributed by atoms with Crippen molar-refractivity contribution in [3.8, 4) is 0 Å². The van der Waals surface area contributed by atoms with Crippen LogP contribution in [-0.2, 0) is 4.79 Å². The molecule has 108 valence electrons. The number of hydrogen-bond acceptors (Lipinski definition) is 3. The molecule has 6 heteroatoms. The zero-order chi connectivity index (χ0) is 14.3. The summed E-state index contributed by atoms with van der Waals surface area (Å²) in [5.74, 6) is -0.0284. The molecule has 0 fully saturated rings. The fourth-order valence-electron chi connectivity index (χ4n) is 1.85. The van der Waals surface area contributed by atoms with Gasteiger partial charge in [0.25, 0.3) is 0 Å². The van der Waals surface area contributed by atoms with Gasteiger partial charge in [-0.2, -0.15) is 5.10 Å². The van der Waals surface area contributed by atoms with E-state index in [9.17, 15) is 4.79 Å². The Hall–Kier alpha value is -1.07. The monoisotopic (exact) mass is 286 g/mol. The highest BCUT2D eigenvalue weighted by molar-refractivity contribution is 6.30. The molecule has 0 aliphatic rings. The first-order chi connectivity index (χ1) is 9.08. The third-order valence-electron chi connectivity index (χ3n) is 3.19. The molecular formula is C13H23ClN4O. The molecule has 0 aliphatic heterocycles. The van der Waals surface area contributed by atoms with E-state index in [1.165, 1.54) is 6.20 Å². The summed E-state index contributed by atoms with van der Waals surface area (Å²) in [5, 5.41) is 7.50. The molecule has 1 amide bonds. The van der Waals surface area contributed by atoms with Gasteiger partial charge in [0.1, 0.15) is 6.04 Å². The zero-order valence-corrected chi connectivity index (χ0v) is 12.7. The van der Waals surface area contributed by atoms with E-state index in [1.807, 2.05) is 6.92 Å². The first kappa shape index (κ1) is 16.0. The van der Waals surface area contributed by atoms with Gasteiger partial charge >= 0.3 is 0 Å². The van der Waals surface area contributed by atoms with Gasteiger partial charge in [0, 0.05) is 12.7 Å². The molecule has 1 rings (SSSR count). The summed E-state index contributed by atoms with van der Waals surface area (Å²) in [6.45, 7) is 9.89. The minimum atomic E-state index is -0.332. The molecule has 1 atom stereocenters. The van der Waals surface area contributed by atoms with Crippen molar-refractivity contribution in [2.45, 2.75) is 33.2 Å². The van der Waals surface area contributed by atoms with Crippen LogP contribution in [0.3, 0.4) is 0 Å². The van der Waals surface area contributed by atoms with Crippen molar-refractivity contribution >= 4 is 17.5 Å². The number of amides is 1. The van der Waals surface area contributed by atoms with Crippen LogP contribution in [0.25, 0.3) is 0 Å². The SMILES string of the molecule is CCN(CC)CCCNC(=O)C(C)n1cc(Cl)cn1. The van der Waals surface area contributed by atoms with E-state index in [-0.39, 0.29) is 11.9 Å². The Morgan fingerprint density at radius 2 is 2.21 bits per heavy atom. The number of carbonyl (C=O) groups excluding carboxylic acids is 1. The first-order valence-electron chi connectivity index (χ1n) is 6.78. The summed E-state index contributed by atoms with van der Waals surface area (Å²) in [6.07, 6.45) is 4.15. The third kappa shape index (κ3) is 5.20. The second-order valence-corrected chi connectivity index (χ2v) is 4.92. The summed E-state index contributed by atoms with van der Waals surface area (Å²) in [6, 6.07) is -0.332. The number of rotatable bonds is 8. The third-order valence-corrected chi connectivity index (χ3v) is 3.39. The number of carbonyl (C=O) groups is 1. The number of hydrogen-bond donors (Lipinski definition) is 1. The Bertz CT molecular complexity index is 390. The maximum absolute atomic E-state index is 11.9. The minimum Gasteiger partial charge on any atom is -0.354 e. The average Bonchev–Trinajstić information content (AvgIpc) is 2.84. The topological polar surface area (TPSA) is 50.2 Å². The van der Waals surface area contributed by atoms with Crippen molar-refractivity contribution in [3.05, 3.63) is 17.4 Å². The van der Waals surface area contributed by atoms with Gasteiger partial charge in [-0.25, -0.2) is 0 Å². The van der Waals surface area contributed by atoms with Crippen LogP contribution < -0.4 is 5.32 Å². The molecule has 0 saturated heterocycles. The largest absolute Gasteiger partial charge is 0.354 e. The van der Waals surface area contributed by atoms with E-state index in [4.69, 9.17) is 11.6 Å². The highest BCUT2D eigenvalue weighted by Crippen LogP contribution is 2.10. The second-order valence-electron chi connectivity index (χ2n) is 4.49. The predicted octanol–water partition coefficient (Wildman–Crippen LogP) is 1.95. The van der Waals surface area contributed by atoms with Gasteiger partial charge in [-0.1, -0.05) is 25.4 Å². The van der Waals surface area contributed by atoms with Gasteiger partial charge in [0.2, 0.25) is 5.91 Å². The Labute approximate surface area is 119 Å². The molecule has 0 bridgehead atoms. The highest BCUT2D eigenvalue weighted by Gasteiger charge is 2.15. The van der Waals surface area contributed by atoms with Crippen LogP contribution in [0.5, 0.6) is 0 Å². The summed E-state index contributed by atoms with van der Waals surface area (Å²) < 4.78 is 1.57. The lowest BCUT2D eigenvalue weighted by Crippen LogP contribution is -2.34. The van der Waals surface area contributed by atoms with Crippen molar-refractivity contribution < 1.29 is 4.79 Å². The quantitative estimate of drug-likeness (QED) is 0.743. The van der Waals surface area contributed by atoms with Gasteiger partial charge in [-0.05, 0) is 33.0 Å².